The van der Waals surface area contributed by atoms with Crippen LogP contribution < -0.4 is 9.47 Å². The van der Waals surface area contributed by atoms with Crippen LogP contribution in [-0.4, -0.2) is 22.2 Å². The van der Waals surface area contributed by atoms with E-state index < -0.39 is 0 Å². The molecule has 0 bridgehead atoms. The first-order chi connectivity index (χ1) is 8.72. The van der Waals surface area contributed by atoms with Crippen molar-refractivity contribution in [3.05, 3.63) is 41.3 Å². The molecule has 0 aliphatic rings. The number of rotatable bonds is 4. The predicted molar refractivity (Wildman–Crippen MR) is 66.0 cm³/mol. The monoisotopic (exact) mass is 266 g/mol. The first kappa shape index (κ1) is 12.6. The van der Waals surface area contributed by atoms with Gasteiger partial charge in [-0.1, -0.05) is 17.7 Å². The highest BCUT2D eigenvalue weighted by molar-refractivity contribution is 6.29. The molecule has 0 saturated heterocycles. The quantitative estimate of drug-likeness (QED) is 0.921. The van der Waals surface area contributed by atoms with E-state index in [0.717, 1.165) is 5.56 Å². The van der Waals surface area contributed by atoms with E-state index in [2.05, 4.69) is 9.97 Å². The molecular weight excluding hydrogens is 256 g/mol. The second kappa shape index (κ2) is 5.66. The Bertz CT molecular complexity index is 549. The summed E-state index contributed by atoms with van der Waals surface area (Å²) in [6.45, 7) is -0.0619. The van der Waals surface area contributed by atoms with Gasteiger partial charge in [0.1, 0.15) is 0 Å². The molecule has 0 unspecified atom stereocenters. The Hall–Kier alpha value is -1.85. The van der Waals surface area contributed by atoms with Crippen LogP contribution in [0.25, 0.3) is 0 Å². The molecule has 5 nitrogen and oxygen atoms in total. The van der Waals surface area contributed by atoms with E-state index in [1.54, 1.807) is 18.2 Å². The second-order valence-corrected chi connectivity index (χ2v) is 3.81. The highest BCUT2D eigenvalue weighted by atomic mass is 35.5. The fourth-order valence-electron chi connectivity index (χ4n) is 1.38. The zero-order chi connectivity index (χ0) is 13.0. The summed E-state index contributed by atoms with van der Waals surface area (Å²) in [4.78, 5) is 7.83. The van der Waals surface area contributed by atoms with Gasteiger partial charge >= 0.3 is 0 Å². The summed E-state index contributed by atoms with van der Waals surface area (Å²) in [5.41, 5.74) is 0.733. The van der Waals surface area contributed by atoms with Gasteiger partial charge in [-0.05, 0) is 17.7 Å². The van der Waals surface area contributed by atoms with E-state index in [1.807, 2.05) is 0 Å². The standard InChI is InChI=1S/C12H11ClN2O3/c1-17-10-4-8(7-16)2-3-9(10)18-12-6-14-5-11(13)15-12/h2-6,16H,7H2,1H3. The fraction of sp³-hybridized carbons (Fsp3) is 0.167. The van der Waals surface area contributed by atoms with Crippen LogP contribution in [-0.2, 0) is 6.61 Å². The second-order valence-electron chi connectivity index (χ2n) is 3.43. The van der Waals surface area contributed by atoms with E-state index in [0.29, 0.717) is 11.5 Å². The first-order valence-corrected chi connectivity index (χ1v) is 5.54. The van der Waals surface area contributed by atoms with Gasteiger partial charge in [0, 0.05) is 0 Å². The Morgan fingerprint density at radius 3 is 2.78 bits per heavy atom. The molecule has 1 heterocycles. The Labute approximate surface area is 109 Å². The van der Waals surface area contributed by atoms with Crippen LogP contribution in [0.4, 0.5) is 0 Å². The van der Waals surface area contributed by atoms with Crippen LogP contribution in [0.5, 0.6) is 17.4 Å². The highest BCUT2D eigenvalue weighted by Gasteiger charge is 2.08. The lowest BCUT2D eigenvalue weighted by Crippen LogP contribution is -1.94. The molecule has 0 aliphatic heterocycles. The van der Waals surface area contributed by atoms with Crippen molar-refractivity contribution in [3.8, 4) is 17.4 Å². The fourth-order valence-corrected chi connectivity index (χ4v) is 1.52. The lowest BCUT2D eigenvalue weighted by Gasteiger charge is -2.10. The van der Waals surface area contributed by atoms with E-state index in [4.69, 9.17) is 26.2 Å². The molecule has 1 aromatic heterocycles. The molecule has 2 rings (SSSR count). The molecule has 0 saturated carbocycles. The summed E-state index contributed by atoms with van der Waals surface area (Å²) >= 11 is 5.71. The summed E-state index contributed by atoms with van der Waals surface area (Å²) in [6, 6.07) is 5.11. The number of hydrogen-bond donors (Lipinski definition) is 1. The van der Waals surface area contributed by atoms with Gasteiger partial charge in [0.2, 0.25) is 5.88 Å². The summed E-state index contributed by atoms with van der Waals surface area (Å²) in [6.07, 6.45) is 2.87. The van der Waals surface area contributed by atoms with Gasteiger partial charge in [-0.3, -0.25) is 4.98 Å². The highest BCUT2D eigenvalue weighted by Crippen LogP contribution is 2.31. The number of ether oxygens (including phenoxy) is 2. The molecule has 94 valence electrons. The third-order valence-corrected chi connectivity index (χ3v) is 2.39. The van der Waals surface area contributed by atoms with Crippen molar-refractivity contribution in [2.75, 3.05) is 7.11 Å². The molecule has 1 N–H and O–H groups in total. The van der Waals surface area contributed by atoms with E-state index in [1.165, 1.54) is 19.5 Å². The van der Waals surface area contributed by atoms with Crippen molar-refractivity contribution < 1.29 is 14.6 Å². The molecule has 2 aromatic rings. The summed E-state index contributed by atoms with van der Waals surface area (Å²) in [5, 5.41) is 9.29. The maximum Gasteiger partial charge on any atom is 0.239 e. The number of hydrogen-bond acceptors (Lipinski definition) is 5. The molecule has 18 heavy (non-hydrogen) atoms. The molecule has 0 fully saturated rings. The van der Waals surface area contributed by atoms with Crippen LogP contribution in [0.1, 0.15) is 5.56 Å². The van der Waals surface area contributed by atoms with Crippen LogP contribution >= 0.6 is 11.6 Å². The molecular formula is C12H11ClN2O3. The number of aliphatic hydroxyl groups excluding tert-OH is 1. The number of benzene rings is 1. The maximum atomic E-state index is 9.04. The third kappa shape index (κ3) is 2.88. The summed E-state index contributed by atoms with van der Waals surface area (Å²) in [5.74, 6) is 1.26. The Kier molecular flexibility index (Phi) is 3.96. The zero-order valence-corrected chi connectivity index (χ0v) is 10.4. The van der Waals surface area contributed by atoms with E-state index >= 15 is 0 Å². The van der Waals surface area contributed by atoms with Crippen molar-refractivity contribution in [1.82, 2.24) is 9.97 Å². The molecule has 0 spiro atoms. The molecule has 0 amide bonds. The Morgan fingerprint density at radius 1 is 1.28 bits per heavy atom. The van der Waals surface area contributed by atoms with Crippen molar-refractivity contribution in [1.29, 1.82) is 0 Å². The number of nitrogens with zero attached hydrogens (tertiary/aromatic N) is 2. The van der Waals surface area contributed by atoms with Gasteiger partial charge in [-0.2, -0.15) is 4.98 Å². The topological polar surface area (TPSA) is 64.5 Å². The zero-order valence-electron chi connectivity index (χ0n) is 9.63. The largest absolute Gasteiger partial charge is 0.493 e. The van der Waals surface area contributed by atoms with Gasteiger partial charge in [-0.25, -0.2) is 0 Å². The van der Waals surface area contributed by atoms with E-state index in [9.17, 15) is 0 Å². The molecule has 0 aliphatic carbocycles. The summed E-state index contributed by atoms with van der Waals surface area (Å²) < 4.78 is 10.7. The van der Waals surface area contributed by atoms with Gasteiger partial charge in [-0.15, -0.1) is 0 Å². The van der Waals surface area contributed by atoms with Crippen molar-refractivity contribution in [2.24, 2.45) is 0 Å². The van der Waals surface area contributed by atoms with Gasteiger partial charge < -0.3 is 14.6 Å². The normalized spacial score (nSPS) is 10.2. The summed E-state index contributed by atoms with van der Waals surface area (Å²) in [7, 11) is 1.52. The van der Waals surface area contributed by atoms with Gasteiger partial charge in [0.25, 0.3) is 0 Å². The SMILES string of the molecule is COc1cc(CO)ccc1Oc1cncc(Cl)n1. The van der Waals surface area contributed by atoms with Crippen LogP contribution in [0.2, 0.25) is 5.15 Å². The van der Waals surface area contributed by atoms with Crippen molar-refractivity contribution in [2.45, 2.75) is 6.61 Å². The maximum absolute atomic E-state index is 9.04. The van der Waals surface area contributed by atoms with Crippen LogP contribution in [0, 0.1) is 0 Å². The predicted octanol–water partition coefficient (Wildman–Crippen LogP) is 2.42. The number of aliphatic hydroxyl groups is 1. The average Bonchev–Trinajstić information content (AvgIpc) is 2.39. The minimum Gasteiger partial charge on any atom is -0.493 e. The minimum atomic E-state index is -0.0619. The van der Waals surface area contributed by atoms with E-state index in [-0.39, 0.29) is 17.6 Å². The number of methoxy groups -OCH3 is 1. The molecule has 0 radical (unpaired) electrons. The van der Waals surface area contributed by atoms with Crippen LogP contribution in [0.3, 0.4) is 0 Å². The Morgan fingerprint density at radius 2 is 2.11 bits per heavy atom. The third-order valence-electron chi connectivity index (χ3n) is 2.21. The molecule has 6 heteroatoms. The Balaban J connectivity index is 2.28. The average molecular weight is 267 g/mol. The van der Waals surface area contributed by atoms with Crippen molar-refractivity contribution in [3.63, 3.8) is 0 Å². The molecule has 0 atom stereocenters. The number of halogens is 1. The number of aromatic nitrogens is 2. The molecule has 1 aromatic carbocycles. The minimum absolute atomic E-state index is 0.0619. The van der Waals surface area contributed by atoms with Gasteiger partial charge in [0.05, 0.1) is 26.1 Å². The first-order valence-electron chi connectivity index (χ1n) is 5.16. The smallest absolute Gasteiger partial charge is 0.239 e. The van der Waals surface area contributed by atoms with Crippen molar-refractivity contribution >= 4 is 11.6 Å². The lowest BCUT2D eigenvalue weighted by molar-refractivity contribution is 0.280. The van der Waals surface area contributed by atoms with Gasteiger partial charge in [0.15, 0.2) is 16.7 Å². The van der Waals surface area contributed by atoms with Crippen LogP contribution in [0.15, 0.2) is 30.6 Å². The lowest BCUT2D eigenvalue weighted by atomic mass is 10.2.